The van der Waals surface area contributed by atoms with Gasteiger partial charge < -0.3 is 4.74 Å². The Labute approximate surface area is 265 Å². The number of halogens is 1. The second kappa shape index (κ2) is 16.4. The molecule has 0 aliphatic heterocycles. The Balaban J connectivity index is 0.000000244. The number of para-hydroxylation sites is 1. The van der Waals surface area contributed by atoms with E-state index < -0.39 is 17.4 Å². The van der Waals surface area contributed by atoms with E-state index in [1.54, 1.807) is 22.8 Å². The average molecular weight is 614 g/mol. The smallest absolute Gasteiger partial charge is 0.328 e. The maximum Gasteiger partial charge on any atom is 0.328 e. The van der Waals surface area contributed by atoms with E-state index in [0.717, 1.165) is 47.2 Å². The molecule has 0 radical (unpaired) electrons. The number of nitrogens with zero attached hydrogens (tertiary/aromatic N) is 5. The van der Waals surface area contributed by atoms with Crippen LogP contribution in [0.5, 0.6) is 0 Å². The van der Waals surface area contributed by atoms with Crippen molar-refractivity contribution in [2.45, 2.75) is 71.4 Å². The minimum absolute atomic E-state index is 0.128. The molecule has 44 heavy (non-hydrogen) atoms. The molecule has 0 fully saturated rings. The zero-order chi connectivity index (χ0) is 32.1. The second-order valence-electron chi connectivity index (χ2n) is 10.8. The monoisotopic (exact) mass is 613 g/mol. The van der Waals surface area contributed by atoms with Gasteiger partial charge >= 0.3 is 5.97 Å². The second-order valence-corrected chi connectivity index (χ2v) is 11.2. The van der Waals surface area contributed by atoms with Crippen molar-refractivity contribution in [3.63, 3.8) is 0 Å². The number of rotatable bonds is 11. The van der Waals surface area contributed by atoms with E-state index in [9.17, 15) is 14.9 Å². The molecule has 0 bridgehead atoms. The minimum atomic E-state index is -0.689. The summed E-state index contributed by atoms with van der Waals surface area (Å²) < 4.78 is 6.58. The molecule has 1 aromatic heterocycles. The molecule has 0 saturated carbocycles. The summed E-state index contributed by atoms with van der Waals surface area (Å²) in [6.45, 7) is 8.20. The third-order valence-corrected chi connectivity index (χ3v) is 7.80. The number of carbonyl (C=O) groups excluding carboxylic acids is 2. The molecule has 3 aromatic carbocycles. The summed E-state index contributed by atoms with van der Waals surface area (Å²) in [7, 11) is 1.34. The fourth-order valence-electron chi connectivity index (χ4n) is 5.16. The van der Waals surface area contributed by atoms with Crippen molar-refractivity contribution in [3.8, 4) is 6.07 Å². The highest BCUT2D eigenvalue weighted by Crippen LogP contribution is 2.32. The van der Waals surface area contributed by atoms with Gasteiger partial charge in [-0.05, 0) is 61.6 Å². The Bertz CT molecular complexity index is 1510. The van der Waals surface area contributed by atoms with E-state index in [4.69, 9.17) is 16.3 Å². The van der Waals surface area contributed by atoms with E-state index in [1.807, 2.05) is 86.6 Å². The Kier molecular flexibility index (Phi) is 12.7. The molecule has 0 spiro atoms. The summed E-state index contributed by atoms with van der Waals surface area (Å²) in [5.74, 6) is -0.560. The molecule has 0 aliphatic rings. The van der Waals surface area contributed by atoms with Gasteiger partial charge in [-0.15, -0.1) is 0 Å². The van der Waals surface area contributed by atoms with Gasteiger partial charge in [0.2, 0.25) is 5.91 Å². The van der Waals surface area contributed by atoms with Gasteiger partial charge in [-0.2, -0.15) is 10.4 Å². The molecular weight excluding hydrogens is 574 g/mol. The highest BCUT2D eigenvalue weighted by Gasteiger charge is 2.33. The van der Waals surface area contributed by atoms with Gasteiger partial charge in [0.05, 0.1) is 31.8 Å². The van der Waals surface area contributed by atoms with Crippen molar-refractivity contribution in [1.82, 2.24) is 14.8 Å². The number of anilines is 1. The van der Waals surface area contributed by atoms with Crippen molar-refractivity contribution in [3.05, 3.63) is 113 Å². The highest BCUT2D eigenvalue weighted by molar-refractivity contribution is 6.30. The van der Waals surface area contributed by atoms with E-state index in [0.29, 0.717) is 11.6 Å². The first-order chi connectivity index (χ1) is 21.2. The predicted molar refractivity (Wildman–Crippen MR) is 173 cm³/mol. The number of amides is 1. The van der Waals surface area contributed by atoms with Gasteiger partial charge in [-0.3, -0.25) is 14.4 Å². The van der Waals surface area contributed by atoms with Gasteiger partial charge in [0, 0.05) is 5.02 Å². The summed E-state index contributed by atoms with van der Waals surface area (Å²) in [5, 5.41) is 14.6. The number of hydrogen-bond acceptors (Lipinski definition) is 6. The summed E-state index contributed by atoms with van der Waals surface area (Å²) >= 11 is 5.94. The maximum atomic E-state index is 13.0. The number of esters is 1. The lowest BCUT2D eigenvalue weighted by Gasteiger charge is -2.30. The SMILES string of the molecule is CCCCC(C#N)(Cn1cncn1)c1ccc(Cl)cc1.COC(=O)C(C)N(C(=O)Cc1ccccc1)c1c(C)cccc1C. The standard InChI is InChI=1S/C20H23NO3.C15H17ClN4/c1-14-9-8-10-15(2)19(14)21(16(3)20(23)24-4)18(22)13-17-11-6-5-7-12-17;1-2-3-8-15(9-17,10-20-12-18-11-19-20)13-4-6-14(16)7-5-13/h5-12,16H,13H2,1-4H3;4-7,11-12H,2-3,8,10H2,1H3. The summed E-state index contributed by atoms with van der Waals surface area (Å²) in [5.41, 5.74) is 3.98. The Morgan fingerprint density at radius 3 is 2.25 bits per heavy atom. The molecular formula is C35H40ClN5O3. The highest BCUT2D eigenvalue weighted by atomic mass is 35.5. The molecule has 0 aliphatic carbocycles. The van der Waals surface area contributed by atoms with Crippen LogP contribution in [-0.2, 0) is 32.7 Å². The molecule has 4 aromatic rings. The van der Waals surface area contributed by atoms with Gasteiger partial charge in [0.25, 0.3) is 0 Å². The van der Waals surface area contributed by atoms with Crippen LogP contribution in [0.1, 0.15) is 55.4 Å². The number of aryl methyl sites for hydroxylation is 2. The first kappa shape index (κ1) is 34.0. The van der Waals surface area contributed by atoms with Gasteiger partial charge in [0.1, 0.15) is 24.1 Å². The third kappa shape index (κ3) is 8.77. The summed E-state index contributed by atoms with van der Waals surface area (Å²) in [6.07, 6.45) is 6.20. The van der Waals surface area contributed by atoms with Crippen molar-refractivity contribution in [2.75, 3.05) is 12.0 Å². The number of carbonyl (C=O) groups is 2. The molecule has 4 rings (SSSR count). The largest absolute Gasteiger partial charge is 0.467 e. The molecule has 230 valence electrons. The van der Waals surface area contributed by atoms with Gasteiger partial charge in [0.15, 0.2) is 0 Å². The summed E-state index contributed by atoms with van der Waals surface area (Å²) in [4.78, 5) is 30.6. The lowest BCUT2D eigenvalue weighted by molar-refractivity contribution is -0.143. The molecule has 8 nitrogen and oxygen atoms in total. The van der Waals surface area contributed by atoms with E-state index in [2.05, 4.69) is 23.1 Å². The van der Waals surface area contributed by atoms with E-state index >= 15 is 0 Å². The molecule has 0 saturated heterocycles. The Hall–Kier alpha value is -4.48. The lowest BCUT2D eigenvalue weighted by Crippen LogP contribution is -2.45. The lowest BCUT2D eigenvalue weighted by atomic mass is 9.77. The Morgan fingerprint density at radius 1 is 1.05 bits per heavy atom. The fraction of sp³-hybridized carbons (Fsp3) is 0.343. The Morgan fingerprint density at radius 2 is 1.70 bits per heavy atom. The van der Waals surface area contributed by atoms with Crippen LogP contribution in [0.15, 0.2) is 85.5 Å². The molecule has 2 atom stereocenters. The minimum Gasteiger partial charge on any atom is -0.467 e. The zero-order valence-corrected chi connectivity index (χ0v) is 26.8. The quantitative estimate of drug-likeness (QED) is 0.168. The molecule has 2 unspecified atom stereocenters. The predicted octanol–water partition coefficient (Wildman–Crippen LogP) is 7.02. The number of hydrogen-bond donors (Lipinski definition) is 0. The zero-order valence-electron chi connectivity index (χ0n) is 26.0. The van der Waals surface area contributed by atoms with Gasteiger partial charge in [-0.25, -0.2) is 9.78 Å². The number of unbranched alkanes of at least 4 members (excludes halogenated alkanes) is 1. The maximum absolute atomic E-state index is 13.0. The van der Waals surface area contributed by atoms with E-state index in [-0.39, 0.29) is 12.3 Å². The molecule has 0 N–H and O–H groups in total. The van der Waals surface area contributed by atoms with Crippen LogP contribution in [0.25, 0.3) is 0 Å². The number of nitriles is 1. The van der Waals surface area contributed by atoms with Crippen LogP contribution in [0.3, 0.4) is 0 Å². The van der Waals surface area contributed by atoms with Crippen molar-refractivity contribution in [2.24, 2.45) is 0 Å². The van der Waals surface area contributed by atoms with Crippen molar-refractivity contribution >= 4 is 29.2 Å². The van der Waals surface area contributed by atoms with Crippen molar-refractivity contribution in [1.29, 1.82) is 5.26 Å². The van der Waals surface area contributed by atoms with Crippen LogP contribution in [0.2, 0.25) is 5.02 Å². The molecule has 1 amide bonds. The van der Waals surface area contributed by atoms with Crippen LogP contribution >= 0.6 is 11.6 Å². The van der Waals surface area contributed by atoms with E-state index in [1.165, 1.54) is 13.4 Å². The van der Waals surface area contributed by atoms with Crippen LogP contribution < -0.4 is 4.90 Å². The number of benzene rings is 3. The first-order valence-electron chi connectivity index (χ1n) is 14.7. The first-order valence-corrected chi connectivity index (χ1v) is 15.0. The van der Waals surface area contributed by atoms with Gasteiger partial charge in [-0.1, -0.05) is 92.0 Å². The number of aromatic nitrogens is 3. The van der Waals surface area contributed by atoms with Crippen LogP contribution in [0.4, 0.5) is 5.69 Å². The summed E-state index contributed by atoms with van der Waals surface area (Å²) in [6, 6.07) is 24.7. The topological polar surface area (TPSA) is 101 Å². The third-order valence-electron chi connectivity index (χ3n) is 7.54. The molecule has 1 heterocycles. The average Bonchev–Trinajstić information content (AvgIpc) is 3.54. The number of ether oxygens (including phenoxy) is 1. The number of methoxy groups -OCH3 is 1. The van der Waals surface area contributed by atoms with Crippen LogP contribution in [-0.4, -0.2) is 39.8 Å². The molecule has 9 heteroatoms. The normalized spacial score (nSPS) is 12.6. The van der Waals surface area contributed by atoms with Crippen molar-refractivity contribution < 1.29 is 14.3 Å². The van der Waals surface area contributed by atoms with Crippen LogP contribution in [0, 0.1) is 25.2 Å². The fourth-order valence-corrected chi connectivity index (χ4v) is 5.29.